The van der Waals surface area contributed by atoms with E-state index in [2.05, 4.69) is 11.1 Å². The van der Waals surface area contributed by atoms with Gasteiger partial charge in [-0.1, -0.05) is 0 Å². The molecule has 94 valence electrons. The summed E-state index contributed by atoms with van der Waals surface area (Å²) in [5.41, 5.74) is 7.87. The van der Waals surface area contributed by atoms with E-state index in [9.17, 15) is 0 Å². The fourth-order valence-corrected chi connectivity index (χ4v) is 1.86. The van der Waals surface area contributed by atoms with Crippen LogP contribution in [0.4, 0.5) is 5.69 Å². The maximum atomic E-state index is 8.77. The molecule has 0 aliphatic rings. The molecule has 0 saturated heterocycles. The number of fused-ring (bicyclic) bond motifs is 1. The summed E-state index contributed by atoms with van der Waals surface area (Å²) >= 11 is 0. The number of nitriles is 1. The Morgan fingerprint density at radius 1 is 1.56 bits per heavy atom. The molecule has 1 aromatic carbocycles. The summed E-state index contributed by atoms with van der Waals surface area (Å²) in [5.74, 6) is 0.637. The average Bonchev–Trinajstić information content (AvgIpc) is 2.69. The van der Waals surface area contributed by atoms with Gasteiger partial charge in [0.05, 0.1) is 18.5 Å². The van der Waals surface area contributed by atoms with Crippen LogP contribution in [0.5, 0.6) is 0 Å². The van der Waals surface area contributed by atoms with Gasteiger partial charge in [-0.2, -0.15) is 5.26 Å². The smallest absolute Gasteiger partial charge is 0.209 e. The Hall–Kier alpha value is -2.06. The van der Waals surface area contributed by atoms with Gasteiger partial charge in [0.2, 0.25) is 5.89 Å². The monoisotopic (exact) mass is 244 g/mol. The van der Waals surface area contributed by atoms with Crippen LogP contribution < -0.4 is 5.73 Å². The number of nitrogens with zero attached hydrogens (tertiary/aromatic N) is 3. The van der Waals surface area contributed by atoms with Crippen molar-refractivity contribution in [1.82, 2.24) is 9.88 Å². The van der Waals surface area contributed by atoms with Gasteiger partial charge in [-0.05, 0) is 32.2 Å². The molecular weight excluding hydrogens is 228 g/mol. The van der Waals surface area contributed by atoms with Crippen LogP contribution in [0.15, 0.2) is 22.6 Å². The number of rotatable bonds is 4. The summed E-state index contributed by atoms with van der Waals surface area (Å²) in [6.07, 6.45) is 0. The van der Waals surface area contributed by atoms with Gasteiger partial charge in [-0.3, -0.25) is 4.90 Å². The SMILES string of the molecule is CC(C#N)CN(C)Cc1nc2cc(N)ccc2o1. The van der Waals surface area contributed by atoms with E-state index in [1.54, 1.807) is 12.1 Å². The minimum absolute atomic E-state index is 0.00461. The highest BCUT2D eigenvalue weighted by Crippen LogP contribution is 2.19. The highest BCUT2D eigenvalue weighted by atomic mass is 16.3. The normalized spacial score (nSPS) is 12.8. The van der Waals surface area contributed by atoms with E-state index < -0.39 is 0 Å². The molecule has 1 unspecified atom stereocenters. The molecule has 1 heterocycles. The molecule has 2 aromatic rings. The molecule has 0 amide bonds. The Kier molecular flexibility index (Phi) is 3.49. The van der Waals surface area contributed by atoms with Crippen LogP contribution in [0, 0.1) is 17.2 Å². The molecule has 2 N–H and O–H groups in total. The molecule has 0 fully saturated rings. The number of nitrogens with two attached hydrogens (primary N) is 1. The molecule has 0 spiro atoms. The molecule has 0 radical (unpaired) electrons. The van der Waals surface area contributed by atoms with E-state index in [1.165, 1.54) is 0 Å². The highest BCUT2D eigenvalue weighted by Gasteiger charge is 2.10. The Labute approximate surface area is 106 Å². The Bertz CT molecular complexity index is 584. The van der Waals surface area contributed by atoms with Crippen molar-refractivity contribution in [3.05, 3.63) is 24.1 Å². The topological polar surface area (TPSA) is 79.1 Å². The fourth-order valence-electron chi connectivity index (χ4n) is 1.86. The van der Waals surface area contributed by atoms with Crippen molar-refractivity contribution < 1.29 is 4.42 Å². The quantitative estimate of drug-likeness (QED) is 0.832. The van der Waals surface area contributed by atoms with Gasteiger partial charge in [0.25, 0.3) is 0 Å². The van der Waals surface area contributed by atoms with Gasteiger partial charge < -0.3 is 10.2 Å². The number of nitrogen functional groups attached to an aromatic ring is 1. The molecule has 5 nitrogen and oxygen atoms in total. The molecule has 5 heteroatoms. The molecule has 1 atom stereocenters. The van der Waals surface area contributed by atoms with Crippen LogP contribution in [-0.2, 0) is 6.54 Å². The lowest BCUT2D eigenvalue weighted by Gasteiger charge is -2.15. The number of oxazole rings is 1. The molecule has 0 bridgehead atoms. The number of benzene rings is 1. The minimum atomic E-state index is -0.00461. The zero-order valence-electron chi connectivity index (χ0n) is 10.6. The largest absolute Gasteiger partial charge is 0.439 e. The maximum Gasteiger partial charge on any atom is 0.209 e. The molecular formula is C13H16N4O. The second-order valence-electron chi connectivity index (χ2n) is 4.56. The van der Waals surface area contributed by atoms with Crippen molar-refractivity contribution in [3.63, 3.8) is 0 Å². The summed E-state index contributed by atoms with van der Waals surface area (Å²) in [4.78, 5) is 6.39. The summed E-state index contributed by atoms with van der Waals surface area (Å²) in [7, 11) is 1.94. The Balaban J connectivity index is 2.10. The predicted molar refractivity (Wildman–Crippen MR) is 69.5 cm³/mol. The van der Waals surface area contributed by atoms with Crippen LogP contribution in [0.3, 0.4) is 0 Å². The van der Waals surface area contributed by atoms with Gasteiger partial charge >= 0.3 is 0 Å². The van der Waals surface area contributed by atoms with Crippen LogP contribution in [0.25, 0.3) is 11.1 Å². The summed E-state index contributed by atoms with van der Waals surface area (Å²) < 4.78 is 5.62. The summed E-state index contributed by atoms with van der Waals surface area (Å²) in [6.45, 7) is 3.17. The maximum absolute atomic E-state index is 8.77. The van der Waals surface area contributed by atoms with E-state index in [0.29, 0.717) is 24.7 Å². The first-order chi connectivity index (χ1) is 8.58. The lowest BCUT2D eigenvalue weighted by Crippen LogP contribution is -2.23. The van der Waals surface area contributed by atoms with Gasteiger partial charge in [0.15, 0.2) is 5.58 Å². The average molecular weight is 244 g/mol. The zero-order valence-corrected chi connectivity index (χ0v) is 10.6. The summed E-state index contributed by atoms with van der Waals surface area (Å²) in [6, 6.07) is 7.61. The van der Waals surface area contributed by atoms with E-state index >= 15 is 0 Å². The van der Waals surface area contributed by atoms with Crippen molar-refractivity contribution in [2.75, 3.05) is 19.3 Å². The number of anilines is 1. The van der Waals surface area contributed by atoms with Gasteiger partial charge in [-0.15, -0.1) is 0 Å². The number of aromatic nitrogens is 1. The van der Waals surface area contributed by atoms with E-state index in [4.69, 9.17) is 15.4 Å². The van der Waals surface area contributed by atoms with Crippen molar-refractivity contribution >= 4 is 16.8 Å². The third-order valence-corrected chi connectivity index (χ3v) is 2.67. The lowest BCUT2D eigenvalue weighted by molar-refractivity contribution is 0.274. The highest BCUT2D eigenvalue weighted by molar-refractivity contribution is 5.76. The zero-order chi connectivity index (χ0) is 13.1. The second-order valence-corrected chi connectivity index (χ2v) is 4.56. The van der Waals surface area contributed by atoms with Crippen LogP contribution in [0.1, 0.15) is 12.8 Å². The fraction of sp³-hybridized carbons (Fsp3) is 0.385. The number of hydrogen-bond acceptors (Lipinski definition) is 5. The van der Waals surface area contributed by atoms with Gasteiger partial charge in [0, 0.05) is 12.2 Å². The first-order valence-electron chi connectivity index (χ1n) is 5.81. The molecule has 18 heavy (non-hydrogen) atoms. The Morgan fingerprint density at radius 3 is 3.06 bits per heavy atom. The third kappa shape index (κ3) is 2.79. The van der Waals surface area contributed by atoms with Crippen molar-refractivity contribution in [2.45, 2.75) is 13.5 Å². The van der Waals surface area contributed by atoms with Crippen molar-refractivity contribution in [3.8, 4) is 6.07 Å². The van der Waals surface area contributed by atoms with Gasteiger partial charge in [-0.25, -0.2) is 4.98 Å². The number of hydrogen-bond donors (Lipinski definition) is 1. The van der Waals surface area contributed by atoms with Crippen LogP contribution in [-0.4, -0.2) is 23.5 Å². The molecule has 2 rings (SSSR count). The van der Waals surface area contributed by atoms with Gasteiger partial charge in [0.1, 0.15) is 5.52 Å². The molecule has 0 saturated carbocycles. The Morgan fingerprint density at radius 2 is 2.33 bits per heavy atom. The van der Waals surface area contributed by atoms with E-state index in [-0.39, 0.29) is 5.92 Å². The first kappa shape index (κ1) is 12.4. The van der Waals surface area contributed by atoms with Crippen LogP contribution >= 0.6 is 0 Å². The third-order valence-electron chi connectivity index (χ3n) is 2.67. The molecule has 0 aliphatic heterocycles. The van der Waals surface area contributed by atoms with Crippen LogP contribution in [0.2, 0.25) is 0 Å². The summed E-state index contributed by atoms with van der Waals surface area (Å²) in [5, 5.41) is 8.77. The van der Waals surface area contributed by atoms with E-state index in [1.807, 2.05) is 24.9 Å². The molecule has 0 aliphatic carbocycles. The first-order valence-corrected chi connectivity index (χ1v) is 5.81. The van der Waals surface area contributed by atoms with Crippen molar-refractivity contribution in [1.29, 1.82) is 5.26 Å². The standard InChI is InChI=1S/C13H16N4O/c1-9(6-14)7-17(2)8-13-16-11-5-10(15)3-4-12(11)18-13/h3-5,9H,7-8,15H2,1-2H3. The second kappa shape index (κ2) is 5.07. The van der Waals surface area contributed by atoms with Crippen molar-refractivity contribution in [2.24, 2.45) is 5.92 Å². The predicted octanol–water partition coefficient (Wildman–Crippen LogP) is 2.00. The van der Waals surface area contributed by atoms with E-state index in [0.717, 1.165) is 11.1 Å². The molecule has 1 aromatic heterocycles. The minimum Gasteiger partial charge on any atom is -0.439 e. The lowest BCUT2D eigenvalue weighted by atomic mass is 10.2.